The van der Waals surface area contributed by atoms with Crippen molar-refractivity contribution in [1.29, 1.82) is 0 Å². The maximum atomic E-state index is 13.6. The standard InChI is InChI=1S/C27H29Br2N3O5/c1-16(2)37-24(33)15-36-25-18(11-20(29)13-23(25)35-3)14-30-32-26(17-7-5-4-6-8-17)31-22-10-9-19(28)12-21(22)27(32)34/h9-14,16-17H,4-8,15H2,1-3H3. The highest BCUT2D eigenvalue weighted by atomic mass is 79.9. The van der Waals surface area contributed by atoms with E-state index >= 15 is 0 Å². The Morgan fingerprint density at radius 2 is 1.92 bits per heavy atom. The summed E-state index contributed by atoms with van der Waals surface area (Å²) < 4.78 is 19.4. The molecule has 4 rings (SSSR count). The summed E-state index contributed by atoms with van der Waals surface area (Å²) >= 11 is 6.94. The molecule has 1 saturated carbocycles. The molecule has 0 saturated heterocycles. The first-order valence-corrected chi connectivity index (χ1v) is 13.8. The van der Waals surface area contributed by atoms with Crippen LogP contribution in [0, 0.1) is 0 Å². The van der Waals surface area contributed by atoms with Gasteiger partial charge in [0, 0.05) is 20.4 Å². The summed E-state index contributed by atoms with van der Waals surface area (Å²) in [5.74, 6) is 1.03. The molecule has 3 aromatic rings. The maximum absolute atomic E-state index is 13.6. The average Bonchev–Trinajstić information content (AvgIpc) is 2.87. The molecule has 1 fully saturated rings. The van der Waals surface area contributed by atoms with Crippen LogP contribution in [0.2, 0.25) is 0 Å². The van der Waals surface area contributed by atoms with Crippen molar-refractivity contribution < 1.29 is 19.0 Å². The van der Waals surface area contributed by atoms with Crippen molar-refractivity contribution in [2.75, 3.05) is 13.7 Å². The third kappa shape index (κ3) is 6.59. The number of carbonyl (C=O) groups is 1. The Morgan fingerprint density at radius 3 is 2.62 bits per heavy atom. The van der Waals surface area contributed by atoms with Gasteiger partial charge in [-0.1, -0.05) is 51.1 Å². The van der Waals surface area contributed by atoms with Gasteiger partial charge < -0.3 is 14.2 Å². The number of esters is 1. The van der Waals surface area contributed by atoms with E-state index in [1.807, 2.05) is 12.1 Å². The average molecular weight is 635 g/mol. The quantitative estimate of drug-likeness (QED) is 0.217. The Balaban J connectivity index is 1.79. The summed E-state index contributed by atoms with van der Waals surface area (Å²) in [5, 5.41) is 5.09. The number of rotatable bonds is 8. The van der Waals surface area contributed by atoms with Gasteiger partial charge in [-0.2, -0.15) is 9.78 Å². The van der Waals surface area contributed by atoms with Gasteiger partial charge in [0.15, 0.2) is 18.1 Å². The van der Waals surface area contributed by atoms with E-state index in [1.165, 1.54) is 24.4 Å². The molecule has 10 heteroatoms. The van der Waals surface area contributed by atoms with Crippen molar-refractivity contribution in [1.82, 2.24) is 9.66 Å². The van der Waals surface area contributed by atoms with Crippen molar-refractivity contribution in [3.8, 4) is 11.5 Å². The van der Waals surface area contributed by atoms with Crippen LogP contribution in [0.15, 0.2) is 49.2 Å². The topological polar surface area (TPSA) is 92.0 Å². The van der Waals surface area contributed by atoms with Gasteiger partial charge in [-0.15, -0.1) is 0 Å². The number of benzene rings is 2. The Kier molecular flexibility index (Phi) is 9.02. The zero-order valence-corrected chi connectivity index (χ0v) is 24.2. The molecule has 196 valence electrons. The van der Waals surface area contributed by atoms with Crippen LogP contribution in [0.3, 0.4) is 0 Å². The zero-order valence-electron chi connectivity index (χ0n) is 21.0. The molecule has 1 aromatic heterocycles. The van der Waals surface area contributed by atoms with Crippen LogP contribution in [0.1, 0.15) is 63.3 Å². The van der Waals surface area contributed by atoms with E-state index in [0.717, 1.165) is 34.6 Å². The lowest BCUT2D eigenvalue weighted by Crippen LogP contribution is -2.25. The molecular weight excluding hydrogens is 606 g/mol. The molecule has 0 N–H and O–H groups in total. The number of ether oxygens (including phenoxy) is 3. The fourth-order valence-electron chi connectivity index (χ4n) is 4.44. The molecule has 1 aliphatic carbocycles. The van der Waals surface area contributed by atoms with Crippen molar-refractivity contribution in [2.24, 2.45) is 5.10 Å². The van der Waals surface area contributed by atoms with Gasteiger partial charge in [-0.05, 0) is 57.0 Å². The lowest BCUT2D eigenvalue weighted by Gasteiger charge is -2.23. The molecule has 37 heavy (non-hydrogen) atoms. The first kappa shape index (κ1) is 27.3. The van der Waals surface area contributed by atoms with Gasteiger partial charge in [-0.3, -0.25) is 4.79 Å². The van der Waals surface area contributed by atoms with Crippen LogP contribution in [0.5, 0.6) is 11.5 Å². The third-order valence-corrected chi connectivity index (χ3v) is 7.04. The van der Waals surface area contributed by atoms with Crippen molar-refractivity contribution in [3.63, 3.8) is 0 Å². The van der Waals surface area contributed by atoms with Gasteiger partial charge >= 0.3 is 5.97 Å². The van der Waals surface area contributed by atoms with Crippen LogP contribution in [0.4, 0.5) is 0 Å². The molecule has 0 radical (unpaired) electrons. The number of carbonyl (C=O) groups excluding carboxylic acids is 1. The molecule has 1 aliphatic rings. The lowest BCUT2D eigenvalue weighted by molar-refractivity contribution is -0.149. The molecule has 8 nitrogen and oxygen atoms in total. The van der Waals surface area contributed by atoms with E-state index in [1.54, 1.807) is 32.0 Å². The highest BCUT2D eigenvalue weighted by molar-refractivity contribution is 9.10. The minimum absolute atomic E-state index is 0.144. The Bertz CT molecular complexity index is 1380. The highest BCUT2D eigenvalue weighted by Gasteiger charge is 2.23. The largest absolute Gasteiger partial charge is 0.493 e. The van der Waals surface area contributed by atoms with Crippen molar-refractivity contribution >= 4 is 54.9 Å². The van der Waals surface area contributed by atoms with E-state index in [4.69, 9.17) is 19.2 Å². The van der Waals surface area contributed by atoms with Crippen LogP contribution in [-0.2, 0) is 9.53 Å². The predicted octanol–water partition coefficient (Wildman–Crippen LogP) is 6.19. The third-order valence-electron chi connectivity index (χ3n) is 6.09. The van der Waals surface area contributed by atoms with Gasteiger partial charge in [0.2, 0.25) is 0 Å². The second kappa shape index (κ2) is 12.2. The minimum Gasteiger partial charge on any atom is -0.493 e. The molecule has 0 atom stereocenters. The molecule has 0 unspecified atom stereocenters. The number of hydrogen-bond acceptors (Lipinski definition) is 7. The monoisotopic (exact) mass is 633 g/mol. The summed E-state index contributed by atoms with van der Waals surface area (Å²) in [5.41, 5.74) is 0.935. The SMILES string of the molecule is COc1cc(Br)cc(C=Nn2c(C3CCCCC3)nc3ccc(Br)cc3c2=O)c1OCC(=O)OC(C)C. The summed E-state index contributed by atoms with van der Waals surface area (Å²) in [7, 11) is 1.51. The number of hydrogen-bond donors (Lipinski definition) is 0. The molecule has 0 spiro atoms. The molecule has 2 aromatic carbocycles. The number of halogens is 2. The van der Waals surface area contributed by atoms with Gasteiger partial charge in [0.25, 0.3) is 5.56 Å². The summed E-state index contributed by atoms with van der Waals surface area (Å²) in [6.07, 6.45) is 6.57. The molecule has 0 amide bonds. The summed E-state index contributed by atoms with van der Waals surface area (Å²) in [6.45, 7) is 3.25. The fraction of sp³-hybridized carbons (Fsp3) is 0.407. The summed E-state index contributed by atoms with van der Waals surface area (Å²) in [4.78, 5) is 30.6. The minimum atomic E-state index is -0.497. The van der Waals surface area contributed by atoms with E-state index < -0.39 is 5.97 Å². The molecule has 0 aliphatic heterocycles. The Morgan fingerprint density at radius 1 is 1.16 bits per heavy atom. The molecule has 0 bridgehead atoms. The predicted molar refractivity (Wildman–Crippen MR) is 150 cm³/mol. The first-order chi connectivity index (χ1) is 17.8. The summed E-state index contributed by atoms with van der Waals surface area (Å²) in [6, 6.07) is 9.01. The molecular formula is C27H29Br2N3O5. The van der Waals surface area contributed by atoms with E-state index in [-0.39, 0.29) is 24.2 Å². The number of fused-ring (bicyclic) bond motifs is 1. The van der Waals surface area contributed by atoms with E-state index in [9.17, 15) is 9.59 Å². The van der Waals surface area contributed by atoms with Gasteiger partial charge in [-0.25, -0.2) is 9.78 Å². The molecule has 1 heterocycles. The highest BCUT2D eigenvalue weighted by Crippen LogP contribution is 2.35. The second-order valence-electron chi connectivity index (χ2n) is 9.18. The van der Waals surface area contributed by atoms with Crippen molar-refractivity contribution in [3.05, 3.63) is 61.0 Å². The number of nitrogens with zero attached hydrogens (tertiary/aromatic N) is 3. The normalized spacial score (nSPS) is 14.4. The first-order valence-electron chi connectivity index (χ1n) is 12.2. The van der Waals surface area contributed by atoms with E-state index in [2.05, 4.69) is 37.0 Å². The van der Waals surface area contributed by atoms with E-state index in [0.29, 0.717) is 33.8 Å². The second-order valence-corrected chi connectivity index (χ2v) is 11.0. The number of methoxy groups -OCH3 is 1. The van der Waals surface area contributed by atoms with Crippen LogP contribution in [0.25, 0.3) is 10.9 Å². The maximum Gasteiger partial charge on any atom is 0.344 e. The lowest BCUT2D eigenvalue weighted by atomic mass is 9.88. The Hall–Kier alpha value is -2.72. The Labute approximate surface area is 232 Å². The van der Waals surface area contributed by atoms with Crippen LogP contribution in [-0.4, -0.2) is 41.7 Å². The van der Waals surface area contributed by atoms with Gasteiger partial charge in [0.05, 0.1) is 30.3 Å². The fourth-order valence-corrected chi connectivity index (χ4v) is 5.26. The zero-order chi connectivity index (χ0) is 26.5. The van der Waals surface area contributed by atoms with Crippen molar-refractivity contribution in [2.45, 2.75) is 58.0 Å². The number of aromatic nitrogens is 2. The van der Waals surface area contributed by atoms with Crippen LogP contribution >= 0.6 is 31.9 Å². The van der Waals surface area contributed by atoms with Crippen LogP contribution < -0.4 is 15.0 Å². The smallest absolute Gasteiger partial charge is 0.344 e. The van der Waals surface area contributed by atoms with Gasteiger partial charge in [0.1, 0.15) is 5.82 Å².